The van der Waals surface area contributed by atoms with Crippen LogP contribution < -0.4 is 8.61 Å². The van der Waals surface area contributed by atoms with Crippen LogP contribution in [-0.4, -0.2) is 36.9 Å². The van der Waals surface area contributed by atoms with E-state index in [0.29, 0.717) is 18.0 Å². The van der Waals surface area contributed by atoms with E-state index in [2.05, 4.69) is 35.6 Å². The van der Waals surface area contributed by atoms with Gasteiger partial charge in [0.2, 0.25) is 0 Å². The summed E-state index contributed by atoms with van der Waals surface area (Å²) < 4.78 is 33.9. The van der Waals surface area contributed by atoms with Crippen molar-refractivity contribution in [2.45, 2.75) is 25.7 Å². The lowest BCUT2D eigenvalue weighted by atomic mass is 10.2. The van der Waals surface area contributed by atoms with Gasteiger partial charge in [-0.15, -0.1) is 0 Å². The third-order valence-electron chi connectivity index (χ3n) is 3.37. The minimum absolute atomic E-state index is 0.0613. The topological polar surface area (TPSA) is 49.9 Å². The smallest absolute Gasteiger partial charge is 0.328 e. The molecule has 2 rings (SSSR count). The Hall–Kier alpha value is -0.573. The number of halogens is 1. The maximum absolute atomic E-state index is 12.4. The van der Waals surface area contributed by atoms with Crippen LogP contribution in [0.5, 0.6) is 0 Å². The van der Waals surface area contributed by atoms with Crippen molar-refractivity contribution in [2.75, 3.05) is 29.0 Å². The molecule has 8 heteroatoms. The molecule has 118 valence electrons. The van der Waals surface area contributed by atoms with Crippen molar-refractivity contribution in [3.8, 4) is 0 Å². The molecular formula is C13H21BrN2O3SSi. The van der Waals surface area contributed by atoms with Crippen LogP contribution in [0.25, 0.3) is 0 Å². The van der Waals surface area contributed by atoms with E-state index in [4.69, 9.17) is 4.74 Å². The zero-order valence-corrected chi connectivity index (χ0v) is 16.2. The summed E-state index contributed by atoms with van der Waals surface area (Å²) in [6.45, 7) is 7.46. The molecular weight excluding hydrogens is 372 g/mol. The molecule has 0 aliphatic carbocycles. The number of fused-ring (bicyclic) bond motifs is 1. The largest absolute Gasteiger partial charge is 0.360 e. The van der Waals surface area contributed by atoms with Crippen LogP contribution >= 0.6 is 15.9 Å². The first-order chi connectivity index (χ1) is 9.63. The highest BCUT2D eigenvalue weighted by atomic mass is 79.9. The lowest BCUT2D eigenvalue weighted by molar-refractivity contribution is 0.157. The van der Waals surface area contributed by atoms with Crippen molar-refractivity contribution < 1.29 is 13.2 Å². The molecule has 0 atom stereocenters. The fourth-order valence-corrected chi connectivity index (χ4v) is 4.42. The predicted octanol–water partition coefficient (Wildman–Crippen LogP) is 3.26. The van der Waals surface area contributed by atoms with E-state index in [0.717, 1.165) is 10.5 Å². The van der Waals surface area contributed by atoms with Crippen LogP contribution in [0.4, 0.5) is 11.4 Å². The number of rotatable bonds is 5. The third-order valence-corrected chi connectivity index (χ3v) is 7.32. The Morgan fingerprint density at radius 2 is 1.90 bits per heavy atom. The Balaban J connectivity index is 2.13. The van der Waals surface area contributed by atoms with Crippen LogP contribution in [0, 0.1) is 0 Å². The number of hydrogen-bond donors (Lipinski definition) is 0. The fraction of sp³-hybridized carbons (Fsp3) is 0.538. The molecule has 0 saturated heterocycles. The standard InChI is InChI=1S/C13H21BrN2O3SSi/c1-15-13-9-11(14)5-6-12(13)16(20(15,17)18)10-19-7-8-21(2,3)4/h5-6,9H,7-8,10H2,1-4H3. The maximum atomic E-state index is 12.4. The molecule has 0 radical (unpaired) electrons. The Kier molecular flexibility index (Phi) is 4.72. The van der Waals surface area contributed by atoms with Crippen molar-refractivity contribution in [1.82, 2.24) is 0 Å². The van der Waals surface area contributed by atoms with Gasteiger partial charge in [0.15, 0.2) is 0 Å². The van der Waals surface area contributed by atoms with Crippen LogP contribution in [0.3, 0.4) is 0 Å². The minimum atomic E-state index is -3.53. The summed E-state index contributed by atoms with van der Waals surface area (Å²) in [5.74, 6) is 0. The summed E-state index contributed by atoms with van der Waals surface area (Å²) in [7, 11) is -3.14. The van der Waals surface area contributed by atoms with Gasteiger partial charge in [-0.1, -0.05) is 35.6 Å². The maximum Gasteiger partial charge on any atom is 0.328 e. The van der Waals surface area contributed by atoms with E-state index < -0.39 is 18.3 Å². The zero-order valence-electron chi connectivity index (χ0n) is 12.8. The lowest BCUT2D eigenvalue weighted by Gasteiger charge is -2.20. The molecule has 0 fully saturated rings. The van der Waals surface area contributed by atoms with E-state index in [1.165, 1.54) is 8.61 Å². The molecule has 1 aliphatic rings. The minimum Gasteiger partial charge on any atom is -0.360 e. The zero-order chi connectivity index (χ0) is 15.8. The molecule has 1 aliphatic heterocycles. The van der Waals surface area contributed by atoms with Gasteiger partial charge in [-0.2, -0.15) is 8.42 Å². The van der Waals surface area contributed by atoms with Gasteiger partial charge < -0.3 is 4.74 Å². The first kappa shape index (κ1) is 16.8. The molecule has 0 bridgehead atoms. The molecule has 1 heterocycles. The molecule has 0 aromatic heterocycles. The molecule has 0 N–H and O–H groups in total. The van der Waals surface area contributed by atoms with E-state index in [9.17, 15) is 8.42 Å². The Morgan fingerprint density at radius 3 is 2.52 bits per heavy atom. The van der Waals surface area contributed by atoms with Crippen molar-refractivity contribution in [1.29, 1.82) is 0 Å². The second-order valence-electron chi connectivity index (χ2n) is 6.30. The van der Waals surface area contributed by atoms with Crippen LogP contribution in [0.1, 0.15) is 0 Å². The average molecular weight is 393 g/mol. The van der Waals surface area contributed by atoms with Gasteiger partial charge >= 0.3 is 10.2 Å². The van der Waals surface area contributed by atoms with Gasteiger partial charge in [0.05, 0.1) is 11.4 Å². The molecule has 1 aromatic rings. The summed E-state index contributed by atoms with van der Waals surface area (Å²) in [5, 5.41) is 0. The highest BCUT2D eigenvalue weighted by Crippen LogP contribution is 2.41. The van der Waals surface area contributed by atoms with E-state index in [1.54, 1.807) is 19.2 Å². The number of anilines is 2. The SMILES string of the molecule is CN1c2cc(Br)ccc2N(COCC[Si](C)(C)C)S1(=O)=O. The second kappa shape index (κ2) is 5.90. The number of hydrogen-bond acceptors (Lipinski definition) is 3. The highest BCUT2D eigenvalue weighted by Gasteiger charge is 2.38. The van der Waals surface area contributed by atoms with E-state index >= 15 is 0 Å². The average Bonchev–Trinajstić information content (AvgIpc) is 2.54. The quantitative estimate of drug-likeness (QED) is 0.570. The van der Waals surface area contributed by atoms with Crippen LogP contribution in [0.2, 0.25) is 25.7 Å². The van der Waals surface area contributed by atoms with Crippen molar-refractivity contribution in [3.05, 3.63) is 22.7 Å². The van der Waals surface area contributed by atoms with Crippen molar-refractivity contribution in [2.24, 2.45) is 0 Å². The fourth-order valence-electron chi connectivity index (χ4n) is 2.02. The van der Waals surface area contributed by atoms with Crippen molar-refractivity contribution in [3.63, 3.8) is 0 Å². The van der Waals surface area contributed by atoms with Crippen molar-refractivity contribution >= 4 is 45.6 Å². The molecule has 5 nitrogen and oxygen atoms in total. The molecule has 0 saturated carbocycles. The van der Waals surface area contributed by atoms with E-state index in [-0.39, 0.29) is 6.73 Å². The molecule has 1 aromatic carbocycles. The van der Waals surface area contributed by atoms with Gasteiger partial charge in [0, 0.05) is 26.2 Å². The van der Waals surface area contributed by atoms with Crippen LogP contribution in [0.15, 0.2) is 22.7 Å². The summed E-state index contributed by atoms with van der Waals surface area (Å²) in [6, 6.07) is 6.45. The van der Waals surface area contributed by atoms with Gasteiger partial charge in [-0.25, -0.2) is 4.31 Å². The first-order valence-electron chi connectivity index (χ1n) is 6.77. The number of nitrogens with zero attached hydrogens (tertiary/aromatic N) is 2. The number of ether oxygens (including phenoxy) is 1. The van der Waals surface area contributed by atoms with Gasteiger partial charge in [-0.05, 0) is 24.2 Å². The molecule has 0 unspecified atom stereocenters. The predicted molar refractivity (Wildman–Crippen MR) is 92.9 cm³/mol. The van der Waals surface area contributed by atoms with Crippen LogP contribution in [-0.2, 0) is 14.9 Å². The van der Waals surface area contributed by atoms with E-state index in [1.807, 2.05) is 6.07 Å². The first-order valence-corrected chi connectivity index (χ1v) is 12.7. The van der Waals surface area contributed by atoms with Gasteiger partial charge in [0.1, 0.15) is 6.73 Å². The van der Waals surface area contributed by atoms with Gasteiger partial charge in [-0.3, -0.25) is 4.31 Å². The third kappa shape index (κ3) is 3.61. The molecule has 21 heavy (non-hydrogen) atoms. The Labute approximate surface area is 136 Å². The summed E-state index contributed by atoms with van der Waals surface area (Å²) in [6.07, 6.45) is 0. The Morgan fingerprint density at radius 1 is 1.24 bits per heavy atom. The summed E-state index contributed by atoms with van der Waals surface area (Å²) in [5.41, 5.74) is 1.33. The Bertz CT molecular complexity index is 631. The molecule has 0 spiro atoms. The molecule has 0 amide bonds. The number of benzene rings is 1. The van der Waals surface area contributed by atoms with Gasteiger partial charge in [0.25, 0.3) is 0 Å². The normalized spacial score (nSPS) is 17.2. The monoisotopic (exact) mass is 392 g/mol. The highest BCUT2D eigenvalue weighted by molar-refractivity contribution is 9.10. The summed E-state index contributed by atoms with van der Waals surface area (Å²) in [4.78, 5) is 0. The second-order valence-corrected chi connectivity index (χ2v) is 14.7. The lowest BCUT2D eigenvalue weighted by Crippen LogP contribution is -2.37. The summed E-state index contributed by atoms with van der Waals surface area (Å²) >= 11 is 3.37.